The van der Waals surface area contributed by atoms with E-state index < -0.39 is 0 Å². The Morgan fingerprint density at radius 3 is 2.37 bits per heavy atom. The summed E-state index contributed by atoms with van der Waals surface area (Å²) in [5, 5.41) is 2.94. The molecule has 1 atom stereocenters. The molecule has 0 spiro atoms. The van der Waals surface area contributed by atoms with Crippen LogP contribution in [-0.2, 0) is 0 Å². The number of anilines is 1. The minimum atomic E-state index is -0.242. The number of urea groups is 1. The Morgan fingerprint density at radius 2 is 1.74 bits per heavy atom. The molecule has 2 aromatic carbocycles. The lowest BCUT2D eigenvalue weighted by atomic mass is 9.94. The van der Waals surface area contributed by atoms with Gasteiger partial charge in [0.25, 0.3) is 0 Å². The van der Waals surface area contributed by atoms with Gasteiger partial charge >= 0.3 is 6.03 Å². The summed E-state index contributed by atoms with van der Waals surface area (Å²) < 4.78 is 23.7. The van der Waals surface area contributed by atoms with Crippen LogP contribution < -0.4 is 14.8 Å². The zero-order valence-corrected chi connectivity index (χ0v) is 15.7. The summed E-state index contributed by atoms with van der Waals surface area (Å²) in [7, 11) is 3.14. The highest BCUT2D eigenvalue weighted by molar-refractivity contribution is 5.90. The summed E-state index contributed by atoms with van der Waals surface area (Å²) in [5.74, 6) is 1.20. The van der Waals surface area contributed by atoms with Crippen LogP contribution in [0.5, 0.6) is 11.5 Å². The topological polar surface area (TPSA) is 50.8 Å². The first-order chi connectivity index (χ1) is 13.1. The van der Waals surface area contributed by atoms with Crippen LogP contribution in [0.4, 0.5) is 14.9 Å². The van der Waals surface area contributed by atoms with Gasteiger partial charge < -0.3 is 19.7 Å². The number of nitrogens with zero attached hydrogens (tertiary/aromatic N) is 1. The normalized spacial score (nSPS) is 17.1. The number of halogens is 1. The third-order valence-corrected chi connectivity index (χ3v) is 4.90. The molecule has 0 aliphatic carbocycles. The van der Waals surface area contributed by atoms with E-state index in [1.54, 1.807) is 32.4 Å². The molecule has 1 aliphatic rings. The van der Waals surface area contributed by atoms with Crippen molar-refractivity contribution in [2.45, 2.75) is 25.2 Å². The van der Waals surface area contributed by atoms with E-state index in [2.05, 4.69) is 5.32 Å². The predicted octanol–water partition coefficient (Wildman–Crippen LogP) is 4.64. The molecule has 1 heterocycles. The van der Waals surface area contributed by atoms with Crippen molar-refractivity contribution in [3.8, 4) is 11.5 Å². The van der Waals surface area contributed by atoms with Gasteiger partial charge in [0.15, 0.2) is 0 Å². The van der Waals surface area contributed by atoms with E-state index in [4.69, 9.17) is 9.47 Å². The van der Waals surface area contributed by atoms with Gasteiger partial charge in [-0.15, -0.1) is 0 Å². The zero-order valence-electron chi connectivity index (χ0n) is 15.7. The fraction of sp³-hybridized carbons (Fsp3) is 0.381. The summed E-state index contributed by atoms with van der Waals surface area (Å²) in [4.78, 5) is 14.7. The quantitative estimate of drug-likeness (QED) is 0.850. The Kier molecular flexibility index (Phi) is 6.16. The number of nitrogens with one attached hydrogen (secondary N) is 1. The maximum atomic E-state index is 13.2. The average Bonchev–Trinajstić information content (AvgIpc) is 2.94. The van der Waals surface area contributed by atoms with E-state index in [9.17, 15) is 9.18 Å². The molecule has 144 valence electrons. The third-order valence-electron chi connectivity index (χ3n) is 4.90. The molecule has 1 fully saturated rings. The van der Waals surface area contributed by atoms with Gasteiger partial charge in [-0.3, -0.25) is 0 Å². The van der Waals surface area contributed by atoms with E-state index in [1.165, 1.54) is 12.1 Å². The molecule has 0 bridgehead atoms. The second-order valence-corrected chi connectivity index (χ2v) is 6.72. The smallest absolute Gasteiger partial charge is 0.321 e. The van der Waals surface area contributed by atoms with Crippen LogP contribution in [0, 0.1) is 5.82 Å². The minimum Gasteiger partial charge on any atom is -0.497 e. The molecule has 3 rings (SSSR count). The van der Waals surface area contributed by atoms with E-state index in [0.29, 0.717) is 30.3 Å². The van der Waals surface area contributed by atoms with Crippen molar-refractivity contribution in [3.63, 3.8) is 0 Å². The monoisotopic (exact) mass is 372 g/mol. The van der Waals surface area contributed by atoms with Crippen LogP contribution in [0.1, 0.15) is 30.7 Å². The maximum absolute atomic E-state index is 13.2. The summed E-state index contributed by atoms with van der Waals surface area (Å²) in [5.41, 5.74) is 1.69. The number of benzene rings is 2. The second-order valence-electron chi connectivity index (χ2n) is 6.72. The van der Waals surface area contributed by atoms with Crippen molar-refractivity contribution in [3.05, 3.63) is 53.8 Å². The Bertz CT molecular complexity index is 757. The van der Waals surface area contributed by atoms with Crippen LogP contribution in [-0.4, -0.2) is 38.2 Å². The summed E-state index contributed by atoms with van der Waals surface area (Å²) >= 11 is 0. The molecule has 5 nitrogen and oxygen atoms in total. The molecular formula is C21H25FN2O3. The van der Waals surface area contributed by atoms with Crippen molar-refractivity contribution in [1.29, 1.82) is 0 Å². The van der Waals surface area contributed by atoms with Crippen molar-refractivity contribution >= 4 is 11.7 Å². The van der Waals surface area contributed by atoms with Crippen molar-refractivity contribution in [2.24, 2.45) is 0 Å². The maximum Gasteiger partial charge on any atom is 0.321 e. The number of rotatable bonds is 4. The minimum absolute atomic E-state index is 0.153. The molecule has 0 radical (unpaired) electrons. The molecule has 0 saturated carbocycles. The molecule has 0 aromatic heterocycles. The fourth-order valence-electron chi connectivity index (χ4n) is 3.42. The van der Waals surface area contributed by atoms with Gasteiger partial charge in [0.2, 0.25) is 0 Å². The Balaban J connectivity index is 1.72. The molecule has 6 heteroatoms. The van der Waals surface area contributed by atoms with Gasteiger partial charge in [-0.05, 0) is 30.5 Å². The first kappa shape index (κ1) is 19.0. The molecule has 1 aliphatic heterocycles. The first-order valence-corrected chi connectivity index (χ1v) is 9.13. The second kappa shape index (κ2) is 8.75. The highest BCUT2D eigenvalue weighted by Gasteiger charge is 2.23. The number of amides is 2. The van der Waals surface area contributed by atoms with Crippen LogP contribution >= 0.6 is 0 Å². The van der Waals surface area contributed by atoms with Crippen molar-refractivity contribution < 1.29 is 18.7 Å². The molecular weight excluding hydrogens is 347 g/mol. The number of carbonyl (C=O) groups is 1. The van der Waals surface area contributed by atoms with Crippen LogP contribution in [0.3, 0.4) is 0 Å². The molecule has 2 amide bonds. The van der Waals surface area contributed by atoms with Crippen LogP contribution in [0.25, 0.3) is 0 Å². The molecule has 1 saturated heterocycles. The largest absolute Gasteiger partial charge is 0.497 e. The van der Waals surface area contributed by atoms with E-state index >= 15 is 0 Å². The lowest BCUT2D eigenvalue weighted by Gasteiger charge is -2.25. The van der Waals surface area contributed by atoms with E-state index in [1.807, 2.05) is 17.0 Å². The number of hydrogen-bond donors (Lipinski definition) is 1. The lowest BCUT2D eigenvalue weighted by Crippen LogP contribution is -2.37. The molecule has 2 aromatic rings. The molecule has 1 unspecified atom stereocenters. The number of hydrogen-bond acceptors (Lipinski definition) is 3. The number of likely N-dealkylation sites (tertiary alicyclic amines) is 1. The Morgan fingerprint density at radius 1 is 1.07 bits per heavy atom. The number of carbonyl (C=O) groups excluding carboxylic acids is 1. The van der Waals surface area contributed by atoms with Gasteiger partial charge in [-0.25, -0.2) is 9.18 Å². The molecule has 27 heavy (non-hydrogen) atoms. The molecule has 1 N–H and O–H groups in total. The highest BCUT2D eigenvalue weighted by atomic mass is 19.1. The average molecular weight is 372 g/mol. The van der Waals surface area contributed by atoms with Gasteiger partial charge in [0.1, 0.15) is 17.3 Å². The van der Waals surface area contributed by atoms with E-state index in [0.717, 1.165) is 24.8 Å². The fourth-order valence-corrected chi connectivity index (χ4v) is 3.42. The van der Waals surface area contributed by atoms with Gasteiger partial charge in [0, 0.05) is 42.9 Å². The van der Waals surface area contributed by atoms with Crippen molar-refractivity contribution in [1.82, 2.24) is 4.90 Å². The van der Waals surface area contributed by atoms with Crippen LogP contribution in [0.2, 0.25) is 0 Å². The van der Waals surface area contributed by atoms with Gasteiger partial charge in [0.05, 0.1) is 14.2 Å². The predicted molar refractivity (Wildman–Crippen MR) is 103 cm³/mol. The van der Waals surface area contributed by atoms with E-state index in [-0.39, 0.29) is 17.8 Å². The Labute approximate surface area is 159 Å². The van der Waals surface area contributed by atoms with Gasteiger partial charge in [-0.2, -0.15) is 0 Å². The summed E-state index contributed by atoms with van der Waals surface area (Å²) in [6.45, 7) is 1.31. The first-order valence-electron chi connectivity index (χ1n) is 9.13. The third kappa shape index (κ3) is 4.90. The van der Waals surface area contributed by atoms with Crippen molar-refractivity contribution in [2.75, 3.05) is 32.6 Å². The number of methoxy groups -OCH3 is 2. The lowest BCUT2D eigenvalue weighted by molar-refractivity contribution is 0.211. The Hall–Kier alpha value is -2.76. The van der Waals surface area contributed by atoms with Gasteiger partial charge in [-0.1, -0.05) is 18.6 Å². The SMILES string of the molecule is COc1cc(NC(=O)N2CCCCC(c3ccc(F)cc3)C2)cc(OC)c1. The number of ether oxygens (including phenoxy) is 2. The summed E-state index contributed by atoms with van der Waals surface area (Å²) in [6, 6.07) is 11.7. The standard InChI is InChI=1S/C21H25FN2O3/c1-26-19-11-18(12-20(13-19)27-2)23-21(25)24-10-4-3-5-16(14-24)15-6-8-17(22)9-7-15/h6-9,11-13,16H,3-5,10,14H2,1-2H3,(H,23,25). The summed E-state index contributed by atoms with van der Waals surface area (Å²) in [6.07, 6.45) is 2.98. The van der Waals surface area contributed by atoms with Crippen LogP contribution in [0.15, 0.2) is 42.5 Å². The zero-order chi connectivity index (χ0) is 19.2. The highest BCUT2D eigenvalue weighted by Crippen LogP contribution is 2.29.